The summed E-state index contributed by atoms with van der Waals surface area (Å²) in [5.74, 6) is -0.303. The zero-order chi connectivity index (χ0) is 22.9. The smallest absolute Gasteiger partial charge is 0.256 e. The Morgan fingerprint density at radius 3 is 2.85 bits per heavy atom. The zero-order valence-corrected chi connectivity index (χ0v) is 18.2. The molecule has 1 saturated heterocycles. The molecule has 0 saturated carbocycles. The third-order valence-corrected chi connectivity index (χ3v) is 5.71. The van der Waals surface area contributed by atoms with E-state index in [-0.39, 0.29) is 23.4 Å². The first-order valence-electron chi connectivity index (χ1n) is 10.2. The van der Waals surface area contributed by atoms with Gasteiger partial charge in [0.15, 0.2) is 11.6 Å². The predicted molar refractivity (Wildman–Crippen MR) is 116 cm³/mol. The molecule has 2 aromatic carbocycles. The molecule has 168 valence electrons. The molecule has 0 aliphatic carbocycles. The van der Waals surface area contributed by atoms with E-state index in [0.717, 1.165) is 6.42 Å². The van der Waals surface area contributed by atoms with Gasteiger partial charge in [-0.2, -0.15) is 20.0 Å². The highest BCUT2D eigenvalue weighted by Gasteiger charge is 2.36. The summed E-state index contributed by atoms with van der Waals surface area (Å²) in [7, 11) is 1.37. The molecule has 0 N–H and O–H groups in total. The number of amides is 1. The number of ether oxygens (including phenoxy) is 1. The van der Waals surface area contributed by atoms with Crippen molar-refractivity contribution in [2.75, 3.05) is 13.7 Å². The van der Waals surface area contributed by atoms with E-state index < -0.39 is 11.9 Å². The van der Waals surface area contributed by atoms with Crippen LogP contribution in [-0.2, 0) is 0 Å². The summed E-state index contributed by atoms with van der Waals surface area (Å²) < 4.78 is 24.7. The van der Waals surface area contributed by atoms with Crippen molar-refractivity contribution in [1.82, 2.24) is 30.0 Å². The lowest BCUT2D eigenvalue weighted by atomic mass is 10.1. The zero-order valence-electron chi connectivity index (χ0n) is 17.5. The standard InChI is InChI=1S/C22H18ClFN6O3/c1-32-19-14(4-2-5-16(19)24)20-27-21(33-28-20)18-6-3-11-29(18)22(31)15-12-13(23)7-8-17(15)30-25-9-10-26-30/h2,4-5,7-10,12,18H,3,6,11H2,1H3. The molecule has 1 aliphatic heterocycles. The molecule has 1 aliphatic rings. The molecule has 0 spiro atoms. The summed E-state index contributed by atoms with van der Waals surface area (Å²) in [6.45, 7) is 0.503. The van der Waals surface area contributed by atoms with Crippen molar-refractivity contribution in [3.05, 3.63) is 71.1 Å². The third-order valence-electron chi connectivity index (χ3n) is 5.48. The Morgan fingerprint density at radius 1 is 1.24 bits per heavy atom. The average Bonchev–Trinajstić information content (AvgIpc) is 3.59. The van der Waals surface area contributed by atoms with E-state index in [9.17, 15) is 9.18 Å². The summed E-state index contributed by atoms with van der Waals surface area (Å²) in [5, 5.41) is 12.7. The molecule has 5 rings (SSSR count). The van der Waals surface area contributed by atoms with Gasteiger partial charge in [0.2, 0.25) is 11.7 Å². The molecule has 33 heavy (non-hydrogen) atoms. The molecule has 0 bridgehead atoms. The van der Waals surface area contributed by atoms with E-state index in [4.69, 9.17) is 20.9 Å². The number of likely N-dealkylation sites (tertiary alicyclic amines) is 1. The molecule has 4 aromatic rings. The number of benzene rings is 2. The number of carbonyl (C=O) groups excluding carboxylic acids is 1. The molecule has 1 atom stereocenters. The van der Waals surface area contributed by atoms with Gasteiger partial charge in [0.1, 0.15) is 6.04 Å². The molecular weight excluding hydrogens is 451 g/mol. The van der Waals surface area contributed by atoms with Crippen LogP contribution in [0.1, 0.15) is 35.1 Å². The first kappa shape index (κ1) is 21.1. The number of rotatable bonds is 5. The third kappa shape index (κ3) is 3.82. The Morgan fingerprint density at radius 2 is 2.06 bits per heavy atom. The number of hydrogen-bond donors (Lipinski definition) is 0. The fourth-order valence-electron chi connectivity index (χ4n) is 3.99. The summed E-state index contributed by atoms with van der Waals surface area (Å²) in [6.07, 6.45) is 4.46. The second kappa shape index (κ2) is 8.62. The highest BCUT2D eigenvalue weighted by Crippen LogP contribution is 2.36. The maximum Gasteiger partial charge on any atom is 0.256 e. The van der Waals surface area contributed by atoms with Crippen LogP contribution < -0.4 is 4.74 Å². The average molecular weight is 469 g/mol. The van der Waals surface area contributed by atoms with Crippen molar-refractivity contribution in [2.24, 2.45) is 0 Å². The second-order valence-corrected chi connectivity index (χ2v) is 7.85. The van der Waals surface area contributed by atoms with Gasteiger partial charge in [-0.15, -0.1) is 0 Å². The number of hydrogen-bond acceptors (Lipinski definition) is 7. The Hall–Kier alpha value is -3.79. The number of para-hydroxylation sites is 1. The molecule has 1 unspecified atom stereocenters. The lowest BCUT2D eigenvalue weighted by Gasteiger charge is -2.23. The number of carbonyl (C=O) groups is 1. The van der Waals surface area contributed by atoms with E-state index in [2.05, 4.69) is 20.3 Å². The van der Waals surface area contributed by atoms with Gasteiger partial charge in [0, 0.05) is 11.6 Å². The maximum absolute atomic E-state index is 14.1. The van der Waals surface area contributed by atoms with Crippen LogP contribution >= 0.6 is 11.6 Å². The van der Waals surface area contributed by atoms with E-state index in [1.54, 1.807) is 35.2 Å². The van der Waals surface area contributed by atoms with Gasteiger partial charge in [0.25, 0.3) is 5.91 Å². The normalized spacial score (nSPS) is 15.7. The molecule has 2 aromatic heterocycles. The number of aromatic nitrogens is 5. The molecule has 11 heteroatoms. The van der Waals surface area contributed by atoms with Crippen molar-refractivity contribution < 1.29 is 18.4 Å². The maximum atomic E-state index is 14.1. The van der Waals surface area contributed by atoms with Crippen molar-refractivity contribution in [3.63, 3.8) is 0 Å². The van der Waals surface area contributed by atoms with Crippen LogP contribution in [0.25, 0.3) is 17.1 Å². The minimum absolute atomic E-state index is 0.0273. The van der Waals surface area contributed by atoms with Crippen LogP contribution in [0.2, 0.25) is 5.02 Å². The van der Waals surface area contributed by atoms with Gasteiger partial charge >= 0.3 is 0 Å². The Labute approximate surface area is 192 Å². The van der Waals surface area contributed by atoms with Crippen molar-refractivity contribution >= 4 is 17.5 Å². The van der Waals surface area contributed by atoms with Gasteiger partial charge < -0.3 is 14.2 Å². The van der Waals surface area contributed by atoms with E-state index in [1.807, 2.05) is 0 Å². The van der Waals surface area contributed by atoms with Crippen LogP contribution in [0, 0.1) is 5.82 Å². The largest absolute Gasteiger partial charge is 0.493 e. The van der Waals surface area contributed by atoms with E-state index >= 15 is 0 Å². The van der Waals surface area contributed by atoms with Gasteiger partial charge in [-0.3, -0.25) is 4.79 Å². The number of methoxy groups -OCH3 is 1. The van der Waals surface area contributed by atoms with Crippen LogP contribution in [0.3, 0.4) is 0 Å². The highest BCUT2D eigenvalue weighted by molar-refractivity contribution is 6.31. The Kier molecular flexibility index (Phi) is 5.51. The fourth-order valence-corrected chi connectivity index (χ4v) is 4.16. The minimum Gasteiger partial charge on any atom is -0.493 e. The lowest BCUT2D eigenvalue weighted by molar-refractivity contribution is 0.0709. The highest BCUT2D eigenvalue weighted by atomic mass is 35.5. The van der Waals surface area contributed by atoms with Crippen LogP contribution in [0.15, 0.2) is 53.3 Å². The van der Waals surface area contributed by atoms with Crippen LogP contribution in [0.4, 0.5) is 4.39 Å². The van der Waals surface area contributed by atoms with Gasteiger partial charge in [-0.1, -0.05) is 22.8 Å². The van der Waals surface area contributed by atoms with Crippen molar-refractivity contribution in [1.29, 1.82) is 0 Å². The van der Waals surface area contributed by atoms with Gasteiger partial charge in [-0.25, -0.2) is 4.39 Å². The monoisotopic (exact) mass is 468 g/mol. The molecule has 1 amide bonds. The lowest BCUT2D eigenvalue weighted by Crippen LogP contribution is -2.31. The molecule has 1 fully saturated rings. The first-order valence-corrected chi connectivity index (χ1v) is 10.6. The number of halogens is 2. The summed E-state index contributed by atoms with van der Waals surface area (Å²) >= 11 is 6.19. The minimum atomic E-state index is -0.528. The Balaban J connectivity index is 1.48. The fraction of sp³-hybridized carbons (Fsp3) is 0.227. The molecule has 3 heterocycles. The topological polar surface area (TPSA) is 99.2 Å². The summed E-state index contributed by atoms with van der Waals surface area (Å²) in [6, 6.07) is 9.00. The van der Waals surface area contributed by atoms with E-state index in [0.29, 0.717) is 34.8 Å². The van der Waals surface area contributed by atoms with Crippen molar-refractivity contribution in [3.8, 4) is 22.8 Å². The molecule has 0 radical (unpaired) electrons. The number of nitrogens with zero attached hydrogens (tertiary/aromatic N) is 6. The first-order chi connectivity index (χ1) is 16.1. The van der Waals surface area contributed by atoms with Gasteiger partial charge in [0.05, 0.1) is 36.3 Å². The van der Waals surface area contributed by atoms with E-state index in [1.165, 1.54) is 30.4 Å². The SMILES string of the molecule is COc1c(F)cccc1-c1noc(C2CCCN2C(=O)c2cc(Cl)ccc2-n2nccn2)n1. The second-order valence-electron chi connectivity index (χ2n) is 7.41. The summed E-state index contributed by atoms with van der Waals surface area (Å²) in [5.41, 5.74) is 1.23. The van der Waals surface area contributed by atoms with Crippen molar-refractivity contribution in [2.45, 2.75) is 18.9 Å². The van der Waals surface area contributed by atoms with Crippen LogP contribution in [0.5, 0.6) is 5.75 Å². The predicted octanol–water partition coefficient (Wildman–Crippen LogP) is 4.10. The van der Waals surface area contributed by atoms with Gasteiger partial charge in [-0.05, 0) is 43.2 Å². The quantitative estimate of drug-likeness (QED) is 0.435. The molecule has 9 nitrogen and oxygen atoms in total. The summed E-state index contributed by atoms with van der Waals surface area (Å²) in [4.78, 5) is 21.1. The molecular formula is C22H18ClFN6O3. The van der Waals surface area contributed by atoms with Crippen LogP contribution in [-0.4, -0.2) is 49.6 Å². The Bertz CT molecular complexity index is 1310.